The zero-order chi connectivity index (χ0) is 9.47. The minimum Gasteiger partial charge on any atom is -0.317 e. The first kappa shape index (κ1) is 8.50. The van der Waals surface area contributed by atoms with E-state index in [9.17, 15) is 9.59 Å². The molecule has 2 fully saturated rings. The monoisotopic (exact) mass is 183 g/mol. The number of rotatable bonds is 2. The first-order chi connectivity index (χ1) is 6.12. The van der Waals surface area contributed by atoms with Gasteiger partial charge in [-0.05, 0) is 25.7 Å². The largest absolute Gasteiger partial charge is 0.317 e. The molecule has 0 aromatic rings. The Hall–Kier alpha value is -1.10. The highest BCUT2D eigenvalue weighted by Gasteiger charge is 2.46. The summed E-state index contributed by atoms with van der Waals surface area (Å²) in [5.41, 5.74) is 9.61. The van der Waals surface area contributed by atoms with Gasteiger partial charge >= 0.3 is 0 Å². The first-order valence-corrected chi connectivity index (χ1v) is 4.51. The SMILES string of the molecule is NC1(C(=O)NNC(=O)C2CC2)CC1. The molecule has 2 saturated carbocycles. The van der Waals surface area contributed by atoms with Crippen molar-refractivity contribution in [3.05, 3.63) is 0 Å². The van der Waals surface area contributed by atoms with Crippen LogP contribution in [0.2, 0.25) is 0 Å². The van der Waals surface area contributed by atoms with E-state index in [0.717, 1.165) is 12.8 Å². The van der Waals surface area contributed by atoms with Crippen LogP contribution in [0.5, 0.6) is 0 Å². The number of hydrazine groups is 1. The minimum absolute atomic E-state index is 0.0994. The maximum absolute atomic E-state index is 11.2. The average molecular weight is 183 g/mol. The van der Waals surface area contributed by atoms with Gasteiger partial charge < -0.3 is 5.73 Å². The molecule has 0 aromatic carbocycles. The Balaban J connectivity index is 1.72. The van der Waals surface area contributed by atoms with Gasteiger partial charge in [-0.1, -0.05) is 0 Å². The van der Waals surface area contributed by atoms with E-state index >= 15 is 0 Å². The van der Waals surface area contributed by atoms with Crippen molar-refractivity contribution in [2.24, 2.45) is 11.7 Å². The summed E-state index contributed by atoms with van der Waals surface area (Å²) in [4.78, 5) is 22.3. The molecule has 0 radical (unpaired) electrons. The molecule has 2 rings (SSSR count). The van der Waals surface area contributed by atoms with Crippen LogP contribution < -0.4 is 16.6 Å². The molecule has 0 heterocycles. The van der Waals surface area contributed by atoms with Gasteiger partial charge in [-0.3, -0.25) is 20.4 Å². The molecule has 4 N–H and O–H groups in total. The molecular weight excluding hydrogens is 170 g/mol. The maximum atomic E-state index is 11.2. The number of amides is 2. The van der Waals surface area contributed by atoms with Crippen molar-refractivity contribution >= 4 is 11.8 Å². The fourth-order valence-electron chi connectivity index (χ4n) is 1.05. The fourth-order valence-corrected chi connectivity index (χ4v) is 1.05. The van der Waals surface area contributed by atoms with Crippen LogP contribution >= 0.6 is 0 Å². The van der Waals surface area contributed by atoms with Gasteiger partial charge in [0.2, 0.25) is 5.91 Å². The van der Waals surface area contributed by atoms with E-state index in [0.29, 0.717) is 12.8 Å². The molecule has 0 bridgehead atoms. The summed E-state index contributed by atoms with van der Waals surface area (Å²) in [7, 11) is 0. The van der Waals surface area contributed by atoms with Crippen LogP contribution in [0.25, 0.3) is 0 Å². The normalized spacial score (nSPS) is 23.5. The number of carbonyl (C=O) groups excluding carboxylic acids is 2. The highest BCUT2D eigenvalue weighted by atomic mass is 16.2. The van der Waals surface area contributed by atoms with Gasteiger partial charge in [-0.2, -0.15) is 0 Å². The van der Waals surface area contributed by atoms with Crippen molar-refractivity contribution in [3.8, 4) is 0 Å². The van der Waals surface area contributed by atoms with Crippen molar-refractivity contribution in [2.75, 3.05) is 0 Å². The molecule has 0 aromatic heterocycles. The quantitative estimate of drug-likeness (QED) is 0.482. The van der Waals surface area contributed by atoms with Crippen LogP contribution in [0.15, 0.2) is 0 Å². The second-order valence-corrected chi connectivity index (χ2v) is 3.87. The predicted molar refractivity (Wildman–Crippen MR) is 45.2 cm³/mol. The Morgan fingerprint density at radius 1 is 1.23 bits per heavy atom. The van der Waals surface area contributed by atoms with Crippen molar-refractivity contribution in [1.82, 2.24) is 10.9 Å². The Morgan fingerprint density at radius 3 is 2.31 bits per heavy atom. The van der Waals surface area contributed by atoms with Crippen molar-refractivity contribution in [3.63, 3.8) is 0 Å². The zero-order valence-electron chi connectivity index (χ0n) is 7.30. The number of carbonyl (C=O) groups is 2. The standard InChI is InChI=1S/C8H13N3O2/c9-8(3-4-8)7(13)11-10-6(12)5-1-2-5/h5H,1-4,9H2,(H,10,12)(H,11,13). The van der Waals surface area contributed by atoms with E-state index in [1.54, 1.807) is 0 Å². The average Bonchev–Trinajstić information content (AvgIpc) is 2.91. The van der Waals surface area contributed by atoms with Crippen LogP contribution in [0.3, 0.4) is 0 Å². The number of nitrogens with one attached hydrogen (secondary N) is 2. The second-order valence-electron chi connectivity index (χ2n) is 3.87. The molecule has 2 aliphatic rings. The lowest BCUT2D eigenvalue weighted by Crippen LogP contribution is -2.51. The summed E-state index contributed by atoms with van der Waals surface area (Å²) in [5.74, 6) is -0.271. The first-order valence-electron chi connectivity index (χ1n) is 4.51. The lowest BCUT2D eigenvalue weighted by atomic mass is 10.3. The van der Waals surface area contributed by atoms with E-state index in [1.807, 2.05) is 0 Å². The highest BCUT2D eigenvalue weighted by Crippen LogP contribution is 2.32. The molecule has 2 aliphatic carbocycles. The van der Waals surface area contributed by atoms with Gasteiger partial charge in [-0.15, -0.1) is 0 Å². The summed E-state index contributed by atoms with van der Waals surface area (Å²) >= 11 is 0. The Morgan fingerprint density at radius 2 is 1.85 bits per heavy atom. The van der Waals surface area contributed by atoms with Gasteiger partial charge in [0.05, 0.1) is 5.54 Å². The van der Waals surface area contributed by atoms with Gasteiger partial charge in [0, 0.05) is 5.92 Å². The van der Waals surface area contributed by atoms with E-state index in [-0.39, 0.29) is 17.7 Å². The van der Waals surface area contributed by atoms with Crippen molar-refractivity contribution in [1.29, 1.82) is 0 Å². The molecule has 13 heavy (non-hydrogen) atoms. The van der Waals surface area contributed by atoms with Gasteiger partial charge in [0.15, 0.2) is 0 Å². The van der Waals surface area contributed by atoms with E-state index in [4.69, 9.17) is 5.73 Å². The Bertz CT molecular complexity index is 256. The predicted octanol–water partition coefficient (Wildman–Crippen LogP) is -0.965. The third-order valence-electron chi connectivity index (χ3n) is 2.49. The summed E-state index contributed by atoms with van der Waals surface area (Å²) in [6, 6.07) is 0. The molecule has 0 spiro atoms. The molecular formula is C8H13N3O2. The number of hydrogen-bond acceptors (Lipinski definition) is 3. The summed E-state index contributed by atoms with van der Waals surface area (Å²) < 4.78 is 0. The molecule has 5 nitrogen and oxygen atoms in total. The lowest BCUT2D eigenvalue weighted by Gasteiger charge is -2.10. The second kappa shape index (κ2) is 2.70. The summed E-state index contributed by atoms with van der Waals surface area (Å²) in [5, 5.41) is 0. The Labute approximate surface area is 76.0 Å². The zero-order valence-corrected chi connectivity index (χ0v) is 7.30. The van der Waals surface area contributed by atoms with Crippen LogP contribution in [0, 0.1) is 5.92 Å². The number of nitrogens with two attached hydrogens (primary N) is 1. The summed E-state index contributed by atoms with van der Waals surface area (Å²) in [6.45, 7) is 0. The molecule has 0 unspecified atom stereocenters. The van der Waals surface area contributed by atoms with Crippen molar-refractivity contribution in [2.45, 2.75) is 31.2 Å². The maximum Gasteiger partial charge on any atom is 0.258 e. The van der Waals surface area contributed by atoms with E-state index in [2.05, 4.69) is 10.9 Å². The van der Waals surface area contributed by atoms with Crippen LogP contribution in [-0.4, -0.2) is 17.4 Å². The third-order valence-corrected chi connectivity index (χ3v) is 2.49. The Kier molecular flexibility index (Phi) is 1.76. The van der Waals surface area contributed by atoms with Crippen LogP contribution in [-0.2, 0) is 9.59 Å². The van der Waals surface area contributed by atoms with Crippen molar-refractivity contribution < 1.29 is 9.59 Å². The lowest BCUT2D eigenvalue weighted by molar-refractivity contribution is -0.130. The van der Waals surface area contributed by atoms with Gasteiger partial charge in [0.25, 0.3) is 5.91 Å². The van der Waals surface area contributed by atoms with Crippen LogP contribution in [0.1, 0.15) is 25.7 Å². The van der Waals surface area contributed by atoms with Crippen LogP contribution in [0.4, 0.5) is 0 Å². The molecule has 72 valence electrons. The smallest absolute Gasteiger partial charge is 0.258 e. The third kappa shape index (κ3) is 1.80. The molecule has 2 amide bonds. The molecule has 0 saturated heterocycles. The summed E-state index contributed by atoms with van der Waals surface area (Å²) in [6.07, 6.45) is 3.27. The highest BCUT2D eigenvalue weighted by molar-refractivity contribution is 5.91. The topological polar surface area (TPSA) is 84.2 Å². The van der Waals surface area contributed by atoms with E-state index < -0.39 is 5.54 Å². The fraction of sp³-hybridized carbons (Fsp3) is 0.750. The molecule has 0 atom stereocenters. The van der Waals surface area contributed by atoms with Gasteiger partial charge in [0.1, 0.15) is 0 Å². The van der Waals surface area contributed by atoms with E-state index in [1.165, 1.54) is 0 Å². The number of hydrogen-bond donors (Lipinski definition) is 3. The van der Waals surface area contributed by atoms with Gasteiger partial charge in [-0.25, -0.2) is 0 Å². The minimum atomic E-state index is -0.711. The molecule has 0 aliphatic heterocycles. The molecule has 5 heteroatoms.